The molecule has 0 bridgehead atoms. The van der Waals surface area contributed by atoms with E-state index in [1.807, 2.05) is 44.2 Å². The van der Waals surface area contributed by atoms with Gasteiger partial charge < -0.3 is 54.8 Å². The molecule has 0 spiro atoms. The molecule has 0 saturated heterocycles. The lowest BCUT2D eigenvalue weighted by Gasteiger charge is -2.33. The highest BCUT2D eigenvalue weighted by atomic mass is 32.2. The largest absolute Gasteiger partial charge is 0.508 e. The number of aliphatic hydroxyl groups is 3. The molecule has 8 N–H and O–H groups in total. The first kappa shape index (κ1) is 61.3. The number of aliphatic hydroxyl groups excluding tert-OH is 3. The molecule has 0 aliphatic carbocycles. The molecule has 0 amide bonds. The Balaban J connectivity index is 0.842. The minimum Gasteiger partial charge on any atom is -0.508 e. The average molecular weight is 1090 g/mol. The van der Waals surface area contributed by atoms with Gasteiger partial charge in [-0.3, -0.25) is 0 Å². The summed E-state index contributed by atoms with van der Waals surface area (Å²) in [6, 6.07) is 23.2. The van der Waals surface area contributed by atoms with E-state index in [0.29, 0.717) is 70.1 Å². The zero-order valence-electron chi connectivity index (χ0n) is 43.6. The van der Waals surface area contributed by atoms with Crippen LogP contribution < -0.4 is 25.0 Å². The summed E-state index contributed by atoms with van der Waals surface area (Å²) in [5, 5.41) is 46.6. The number of rotatable bonds is 38. The first-order chi connectivity index (χ1) is 36.0. The van der Waals surface area contributed by atoms with Crippen LogP contribution in [-0.2, 0) is 69.9 Å². The van der Waals surface area contributed by atoms with E-state index >= 15 is 0 Å². The van der Waals surface area contributed by atoms with Gasteiger partial charge >= 0.3 is 5.97 Å². The van der Waals surface area contributed by atoms with Crippen molar-refractivity contribution in [2.24, 2.45) is 0 Å². The standard InChI is InChI=1S/C55H80N4O14S2/c1-55(2)71-41-47-36-45(24-26-53(47)72-55)52(63)38-57-28-10-4-6-12-29-69-31-13-7-17-42-19-15-21-48(33-42)74(65,66)58-39-54(64)73-59-75(67,68)49-22-16-20-43(34-49)18-8-14-32-70-30-11-5-3-9-27-56-37-51(62)44-23-25-50(61)46(35-44)40-60/h15-16,19-26,33-36,51-52,56-63H,3-14,17-18,27-32,37-41H2,1-2H3/t51-,52-/m1/s1. The molecular weight excluding hydrogens is 1000 g/mol. The molecule has 4 aromatic carbocycles. The van der Waals surface area contributed by atoms with Crippen molar-refractivity contribution in [2.45, 2.75) is 145 Å². The van der Waals surface area contributed by atoms with Crippen molar-refractivity contribution in [1.82, 2.24) is 20.2 Å². The molecule has 1 aliphatic heterocycles. The number of nitrogens with one attached hydrogen (secondary N) is 4. The quantitative estimate of drug-likeness (QED) is 0.0172. The summed E-state index contributed by atoms with van der Waals surface area (Å²) in [6.07, 6.45) is 11.0. The molecule has 18 nitrogen and oxygen atoms in total. The number of benzene rings is 4. The van der Waals surface area contributed by atoms with E-state index in [1.54, 1.807) is 35.2 Å². The lowest BCUT2D eigenvalue weighted by atomic mass is 10.0. The van der Waals surface area contributed by atoms with Crippen LogP contribution in [0.3, 0.4) is 0 Å². The summed E-state index contributed by atoms with van der Waals surface area (Å²) >= 11 is 0. The molecule has 0 aromatic heterocycles. The minimum atomic E-state index is -4.25. The summed E-state index contributed by atoms with van der Waals surface area (Å²) < 4.78 is 77.3. The van der Waals surface area contributed by atoms with E-state index in [9.17, 15) is 42.1 Å². The first-order valence-corrected chi connectivity index (χ1v) is 29.2. The minimum absolute atomic E-state index is 0.00441. The predicted molar refractivity (Wildman–Crippen MR) is 285 cm³/mol. The number of phenols is 1. The van der Waals surface area contributed by atoms with Gasteiger partial charge in [-0.25, -0.2) is 21.6 Å². The van der Waals surface area contributed by atoms with Gasteiger partial charge in [0.2, 0.25) is 15.8 Å². The Morgan fingerprint density at radius 1 is 0.653 bits per heavy atom. The molecule has 0 saturated carbocycles. The van der Waals surface area contributed by atoms with Gasteiger partial charge in [0.15, 0.2) is 0 Å². The van der Waals surface area contributed by atoms with Crippen LogP contribution in [0.1, 0.15) is 136 Å². The summed E-state index contributed by atoms with van der Waals surface area (Å²) in [7, 11) is -8.35. The topological polar surface area (TPSA) is 261 Å². The van der Waals surface area contributed by atoms with Gasteiger partial charge in [0.05, 0.1) is 35.2 Å². The Labute approximate surface area is 443 Å². The van der Waals surface area contributed by atoms with Crippen molar-refractivity contribution < 1.29 is 65.8 Å². The van der Waals surface area contributed by atoms with Crippen LogP contribution in [0.15, 0.2) is 94.7 Å². The molecule has 1 heterocycles. The van der Waals surface area contributed by atoms with Gasteiger partial charge in [-0.05, 0) is 153 Å². The lowest BCUT2D eigenvalue weighted by molar-refractivity contribution is -0.180. The van der Waals surface area contributed by atoms with Crippen LogP contribution >= 0.6 is 0 Å². The molecule has 0 fully saturated rings. The molecule has 2 atom stereocenters. The molecule has 75 heavy (non-hydrogen) atoms. The van der Waals surface area contributed by atoms with Gasteiger partial charge in [-0.2, -0.15) is 4.72 Å². The number of carbonyl (C=O) groups excluding carboxylic acids is 1. The smallest absolute Gasteiger partial charge is 0.340 e. The van der Waals surface area contributed by atoms with Gasteiger partial charge in [-0.1, -0.05) is 62.1 Å². The van der Waals surface area contributed by atoms with E-state index in [1.165, 1.54) is 24.3 Å². The van der Waals surface area contributed by atoms with Crippen LogP contribution in [-0.4, -0.2) is 108 Å². The zero-order valence-corrected chi connectivity index (χ0v) is 45.2. The lowest BCUT2D eigenvalue weighted by Crippen LogP contribution is -2.35. The van der Waals surface area contributed by atoms with E-state index in [4.69, 9.17) is 23.8 Å². The summed E-state index contributed by atoms with van der Waals surface area (Å²) in [5.41, 5.74) is 4.38. The number of ether oxygens (including phenoxy) is 4. The Morgan fingerprint density at radius 3 is 1.75 bits per heavy atom. The molecule has 1 aliphatic rings. The fourth-order valence-electron chi connectivity index (χ4n) is 8.26. The van der Waals surface area contributed by atoms with Crippen molar-refractivity contribution in [1.29, 1.82) is 0 Å². The third kappa shape index (κ3) is 22.5. The second kappa shape index (κ2) is 32.2. The SMILES string of the molecule is CC1(C)OCc2cc([C@H](O)CNCCCCCCOCCCCc3cccc(S(=O)(=O)NCC(=O)ONS(=O)(=O)c4cccc(CCCCOCCCCCCNC[C@@H](O)c5ccc(O)c(CO)c5)c4)c3)ccc2O1. The van der Waals surface area contributed by atoms with Crippen LogP contribution in [0, 0.1) is 0 Å². The van der Waals surface area contributed by atoms with Crippen LogP contribution in [0.4, 0.5) is 0 Å². The first-order valence-electron chi connectivity index (χ1n) is 26.3. The predicted octanol–water partition coefficient (Wildman–Crippen LogP) is 6.69. The van der Waals surface area contributed by atoms with Gasteiger partial charge in [0, 0.05) is 64.5 Å². The highest BCUT2D eigenvalue weighted by Gasteiger charge is 2.28. The van der Waals surface area contributed by atoms with Crippen molar-refractivity contribution in [3.63, 3.8) is 0 Å². The number of aryl methyl sites for hydroxylation is 2. The maximum Gasteiger partial charge on any atom is 0.340 e. The molecule has 20 heteroatoms. The Bertz CT molecular complexity index is 2570. The normalized spacial score (nSPS) is 14.3. The number of sulfonamides is 2. The third-order valence-electron chi connectivity index (χ3n) is 12.6. The number of hydrogen-bond acceptors (Lipinski definition) is 16. The monoisotopic (exact) mass is 1080 g/mol. The van der Waals surface area contributed by atoms with Crippen molar-refractivity contribution in [3.05, 3.63) is 118 Å². The molecule has 5 rings (SSSR count). The summed E-state index contributed by atoms with van der Waals surface area (Å²) in [6.45, 7) is 8.04. The second-order valence-electron chi connectivity index (χ2n) is 19.3. The number of aromatic hydroxyl groups is 1. The molecule has 0 unspecified atom stereocenters. The van der Waals surface area contributed by atoms with Crippen LogP contribution in [0.25, 0.3) is 0 Å². The van der Waals surface area contributed by atoms with Crippen molar-refractivity contribution in [3.8, 4) is 11.5 Å². The highest BCUT2D eigenvalue weighted by Crippen LogP contribution is 2.33. The fraction of sp³-hybridized carbons (Fsp3) is 0.545. The van der Waals surface area contributed by atoms with Gasteiger partial charge in [-0.15, -0.1) is 0 Å². The number of carbonyl (C=O) groups is 1. The summed E-state index contributed by atoms with van der Waals surface area (Å²) in [5.74, 6) is -0.991. The van der Waals surface area contributed by atoms with E-state index in [-0.39, 0.29) is 22.1 Å². The molecular formula is C55H80N4O14S2. The van der Waals surface area contributed by atoms with Crippen LogP contribution in [0.2, 0.25) is 0 Å². The molecule has 0 radical (unpaired) electrons. The number of fused-ring (bicyclic) bond motifs is 1. The third-order valence-corrected chi connectivity index (χ3v) is 15.2. The van der Waals surface area contributed by atoms with E-state index in [0.717, 1.165) is 118 Å². The Kier molecular flexibility index (Phi) is 26.4. The van der Waals surface area contributed by atoms with Crippen molar-refractivity contribution in [2.75, 3.05) is 59.2 Å². The molecule has 4 aromatic rings. The van der Waals surface area contributed by atoms with E-state index < -0.39 is 50.6 Å². The van der Waals surface area contributed by atoms with E-state index in [2.05, 4.69) is 15.4 Å². The maximum atomic E-state index is 13.0. The van der Waals surface area contributed by atoms with Gasteiger partial charge in [0.1, 0.15) is 18.0 Å². The Hall–Kier alpha value is -4.55. The number of hydrogen-bond donors (Lipinski definition) is 8. The van der Waals surface area contributed by atoms with Crippen LogP contribution in [0.5, 0.6) is 11.5 Å². The maximum absolute atomic E-state index is 13.0. The number of unbranched alkanes of at least 4 members (excludes halogenated alkanes) is 8. The summed E-state index contributed by atoms with van der Waals surface area (Å²) in [4.78, 5) is 18.9. The highest BCUT2D eigenvalue weighted by molar-refractivity contribution is 7.89. The van der Waals surface area contributed by atoms with Gasteiger partial charge in [0.25, 0.3) is 10.0 Å². The molecule has 416 valence electrons. The average Bonchev–Trinajstić information content (AvgIpc) is 3.39. The zero-order chi connectivity index (χ0) is 53.9. The fourth-order valence-corrected chi connectivity index (χ4v) is 10.2. The second-order valence-corrected chi connectivity index (χ2v) is 22.7. The Morgan fingerprint density at radius 2 is 1.17 bits per heavy atom. The van der Waals surface area contributed by atoms with Crippen molar-refractivity contribution >= 4 is 26.0 Å².